The summed E-state index contributed by atoms with van der Waals surface area (Å²) in [5, 5.41) is 3.28. The standard InChI is InChI=1S/C15H21NO4S.C10H13NO2S/c1-5-19-13(17)12-8-10-9-16(7-6-11(10)21-12)14(18)20-15(2,3)4;1-2-13-10(12)9-5-7-6-11-4-3-8(7)14-9/h8H,5-7,9H2,1-4H3;5,11H,2-4,6H2,1H3. The van der Waals surface area contributed by atoms with Crippen LogP contribution in [0.1, 0.15) is 74.8 Å². The van der Waals surface area contributed by atoms with Crippen molar-refractivity contribution in [1.82, 2.24) is 10.2 Å². The third-order valence-electron chi connectivity index (χ3n) is 5.21. The minimum absolute atomic E-state index is 0.188. The van der Waals surface area contributed by atoms with Crippen LogP contribution in [0, 0.1) is 0 Å². The Kier molecular flexibility index (Phi) is 9.32. The van der Waals surface area contributed by atoms with Crippen molar-refractivity contribution < 1.29 is 28.6 Å². The van der Waals surface area contributed by atoms with E-state index in [1.54, 1.807) is 23.2 Å². The highest BCUT2D eigenvalue weighted by Gasteiger charge is 2.28. The number of carbonyl (C=O) groups excluding carboxylic acids is 3. The summed E-state index contributed by atoms with van der Waals surface area (Å²) >= 11 is 3.03. The van der Waals surface area contributed by atoms with Gasteiger partial charge >= 0.3 is 18.0 Å². The number of nitrogens with one attached hydrogen (secondary N) is 1. The highest BCUT2D eigenvalue weighted by Crippen LogP contribution is 2.29. The molecule has 2 aromatic heterocycles. The Labute approximate surface area is 214 Å². The molecular weight excluding hydrogens is 488 g/mol. The van der Waals surface area contributed by atoms with Crippen molar-refractivity contribution in [1.29, 1.82) is 0 Å². The lowest BCUT2D eigenvalue weighted by Gasteiger charge is -2.29. The second-order valence-corrected chi connectivity index (χ2v) is 11.4. The van der Waals surface area contributed by atoms with Gasteiger partial charge in [-0.3, -0.25) is 0 Å². The van der Waals surface area contributed by atoms with E-state index in [4.69, 9.17) is 14.2 Å². The van der Waals surface area contributed by atoms with Gasteiger partial charge in [0.15, 0.2) is 0 Å². The number of rotatable bonds is 4. The van der Waals surface area contributed by atoms with Crippen LogP contribution in [0.5, 0.6) is 0 Å². The molecule has 0 saturated heterocycles. The Bertz CT molecular complexity index is 1030. The summed E-state index contributed by atoms with van der Waals surface area (Å²) in [6.45, 7) is 13.0. The first-order valence-electron chi connectivity index (χ1n) is 11.9. The van der Waals surface area contributed by atoms with Crippen LogP contribution >= 0.6 is 22.7 Å². The van der Waals surface area contributed by atoms with Crippen LogP contribution in [0.15, 0.2) is 12.1 Å². The molecule has 2 aliphatic heterocycles. The summed E-state index contributed by atoms with van der Waals surface area (Å²) in [7, 11) is 0. The fraction of sp³-hybridized carbons (Fsp3) is 0.560. The quantitative estimate of drug-likeness (QED) is 0.456. The van der Waals surface area contributed by atoms with Crippen molar-refractivity contribution in [3.63, 3.8) is 0 Å². The Morgan fingerprint density at radius 3 is 2.06 bits per heavy atom. The molecule has 8 nitrogen and oxygen atoms in total. The molecule has 0 saturated carbocycles. The van der Waals surface area contributed by atoms with Gasteiger partial charge in [0, 0.05) is 29.4 Å². The average Bonchev–Trinajstić information content (AvgIpc) is 3.42. The molecule has 0 aromatic carbocycles. The van der Waals surface area contributed by atoms with Crippen LogP contribution in [0.25, 0.3) is 0 Å². The van der Waals surface area contributed by atoms with Crippen molar-refractivity contribution in [2.75, 3.05) is 26.3 Å². The zero-order chi connectivity index (χ0) is 25.6. The summed E-state index contributed by atoms with van der Waals surface area (Å²) in [6.07, 6.45) is 1.47. The molecular formula is C25H34N2O6S2. The minimum Gasteiger partial charge on any atom is -0.462 e. The van der Waals surface area contributed by atoms with Gasteiger partial charge in [-0.1, -0.05) is 0 Å². The smallest absolute Gasteiger partial charge is 0.410 e. The topological polar surface area (TPSA) is 94.2 Å². The van der Waals surface area contributed by atoms with E-state index in [-0.39, 0.29) is 18.0 Å². The van der Waals surface area contributed by atoms with E-state index < -0.39 is 5.60 Å². The van der Waals surface area contributed by atoms with Gasteiger partial charge in [0.05, 0.1) is 19.8 Å². The van der Waals surface area contributed by atoms with E-state index >= 15 is 0 Å². The fourth-order valence-electron chi connectivity index (χ4n) is 3.67. The number of amides is 1. The summed E-state index contributed by atoms with van der Waals surface area (Å²) in [5.41, 5.74) is 1.77. The number of nitrogens with zero attached hydrogens (tertiary/aromatic N) is 1. The van der Waals surface area contributed by atoms with Crippen LogP contribution in [0.2, 0.25) is 0 Å². The number of ether oxygens (including phenoxy) is 3. The lowest BCUT2D eigenvalue weighted by molar-refractivity contribution is 0.0225. The Balaban J connectivity index is 0.000000211. The summed E-state index contributed by atoms with van der Waals surface area (Å²) in [4.78, 5) is 40.8. The van der Waals surface area contributed by atoms with Crippen molar-refractivity contribution in [3.05, 3.63) is 42.8 Å². The summed E-state index contributed by atoms with van der Waals surface area (Å²) in [6, 6.07) is 3.78. The van der Waals surface area contributed by atoms with Crippen molar-refractivity contribution >= 4 is 40.7 Å². The number of carbonyl (C=O) groups is 3. The Morgan fingerprint density at radius 1 is 0.943 bits per heavy atom. The zero-order valence-electron chi connectivity index (χ0n) is 21.0. The molecule has 0 radical (unpaired) electrons. The van der Waals surface area contributed by atoms with Gasteiger partial charge in [0.1, 0.15) is 15.4 Å². The molecule has 0 unspecified atom stereocenters. The van der Waals surface area contributed by atoms with E-state index in [2.05, 4.69) is 5.32 Å². The number of hydrogen-bond donors (Lipinski definition) is 1. The van der Waals surface area contributed by atoms with E-state index in [9.17, 15) is 14.4 Å². The lowest BCUT2D eigenvalue weighted by Crippen LogP contribution is -2.39. The first-order valence-corrected chi connectivity index (χ1v) is 13.5. The van der Waals surface area contributed by atoms with Gasteiger partial charge in [-0.25, -0.2) is 14.4 Å². The molecule has 0 fully saturated rings. The first-order chi connectivity index (χ1) is 16.6. The molecule has 4 rings (SSSR count). The van der Waals surface area contributed by atoms with Crippen LogP contribution in [-0.2, 0) is 40.1 Å². The lowest BCUT2D eigenvalue weighted by atomic mass is 10.1. The number of thiophene rings is 2. The molecule has 1 N–H and O–H groups in total. The van der Waals surface area contributed by atoms with Gasteiger partial charge in [0.2, 0.25) is 0 Å². The number of fused-ring (bicyclic) bond motifs is 2. The second kappa shape index (κ2) is 12.0. The van der Waals surface area contributed by atoms with E-state index in [1.165, 1.54) is 21.8 Å². The van der Waals surface area contributed by atoms with Gasteiger partial charge in [0.25, 0.3) is 0 Å². The van der Waals surface area contributed by atoms with Gasteiger partial charge < -0.3 is 24.4 Å². The van der Waals surface area contributed by atoms with Crippen LogP contribution < -0.4 is 5.32 Å². The van der Waals surface area contributed by atoms with E-state index in [0.717, 1.165) is 41.2 Å². The molecule has 10 heteroatoms. The second-order valence-electron chi connectivity index (χ2n) is 9.14. The Hall–Kier alpha value is -2.43. The maximum atomic E-state index is 12.1. The fourth-order valence-corrected chi connectivity index (χ4v) is 5.81. The molecule has 0 aliphatic carbocycles. The van der Waals surface area contributed by atoms with Crippen molar-refractivity contribution in [2.45, 2.75) is 66.2 Å². The van der Waals surface area contributed by atoms with Crippen molar-refractivity contribution in [2.24, 2.45) is 0 Å². The maximum absolute atomic E-state index is 12.1. The third kappa shape index (κ3) is 7.52. The first kappa shape index (κ1) is 27.2. The number of esters is 2. The molecule has 2 aromatic rings. The molecule has 192 valence electrons. The molecule has 0 bridgehead atoms. The molecule has 1 amide bonds. The van der Waals surface area contributed by atoms with Crippen LogP contribution in [0.4, 0.5) is 4.79 Å². The molecule has 35 heavy (non-hydrogen) atoms. The van der Waals surface area contributed by atoms with E-state index in [0.29, 0.717) is 31.2 Å². The predicted octanol–water partition coefficient (Wildman–Crippen LogP) is 4.79. The largest absolute Gasteiger partial charge is 0.462 e. The average molecular weight is 523 g/mol. The zero-order valence-corrected chi connectivity index (χ0v) is 22.7. The van der Waals surface area contributed by atoms with Crippen LogP contribution in [-0.4, -0.2) is 54.8 Å². The third-order valence-corrected chi connectivity index (χ3v) is 7.65. The summed E-state index contributed by atoms with van der Waals surface area (Å²) < 4.78 is 15.4. The molecule has 0 atom stereocenters. The highest BCUT2D eigenvalue weighted by molar-refractivity contribution is 7.14. The van der Waals surface area contributed by atoms with Gasteiger partial charge in [-0.05, 0) is 70.7 Å². The number of hydrogen-bond acceptors (Lipinski definition) is 9. The highest BCUT2D eigenvalue weighted by atomic mass is 32.1. The maximum Gasteiger partial charge on any atom is 0.410 e. The Morgan fingerprint density at radius 2 is 1.51 bits per heavy atom. The summed E-state index contributed by atoms with van der Waals surface area (Å²) in [5.74, 6) is -0.479. The minimum atomic E-state index is -0.498. The monoisotopic (exact) mass is 522 g/mol. The van der Waals surface area contributed by atoms with Crippen molar-refractivity contribution in [3.8, 4) is 0 Å². The predicted molar refractivity (Wildman–Crippen MR) is 136 cm³/mol. The van der Waals surface area contributed by atoms with Gasteiger partial charge in [-0.2, -0.15) is 0 Å². The van der Waals surface area contributed by atoms with Crippen LogP contribution in [0.3, 0.4) is 0 Å². The normalized spacial score (nSPS) is 14.7. The van der Waals surface area contributed by atoms with Gasteiger partial charge in [-0.15, -0.1) is 22.7 Å². The molecule has 2 aliphatic rings. The SMILES string of the molecule is CCOC(=O)c1cc2c(s1)CCN(C(=O)OC(C)(C)C)C2.CCOC(=O)c1cc2c(s1)CCNC2. The molecule has 0 spiro atoms. The van der Waals surface area contributed by atoms with E-state index in [1.807, 2.05) is 39.8 Å². The molecule has 4 heterocycles.